The summed E-state index contributed by atoms with van der Waals surface area (Å²) in [6, 6.07) is 14.5. The predicted octanol–water partition coefficient (Wildman–Crippen LogP) is 4.47. The number of hydrogen-bond donors (Lipinski definition) is 1. The lowest BCUT2D eigenvalue weighted by Crippen LogP contribution is -2.12. The van der Waals surface area contributed by atoms with Gasteiger partial charge in [0.25, 0.3) is 0 Å². The van der Waals surface area contributed by atoms with Gasteiger partial charge in [0.1, 0.15) is 5.01 Å². The first kappa shape index (κ1) is 13.3. The quantitative estimate of drug-likeness (QED) is 0.770. The van der Waals surface area contributed by atoms with Gasteiger partial charge in [0.15, 0.2) is 0 Å². The van der Waals surface area contributed by atoms with Crippen LogP contribution in [-0.2, 0) is 0 Å². The minimum atomic E-state index is -0.154. The Morgan fingerprint density at radius 3 is 2.55 bits per heavy atom. The van der Waals surface area contributed by atoms with E-state index in [1.807, 2.05) is 0 Å². The molecular formula is C17H18N2S. The van der Waals surface area contributed by atoms with Gasteiger partial charge in [0.2, 0.25) is 0 Å². The van der Waals surface area contributed by atoms with Crippen LogP contribution in [0.25, 0.3) is 10.8 Å². The van der Waals surface area contributed by atoms with E-state index in [-0.39, 0.29) is 6.04 Å². The summed E-state index contributed by atoms with van der Waals surface area (Å²) < 4.78 is 0. The van der Waals surface area contributed by atoms with E-state index in [1.165, 1.54) is 10.8 Å². The maximum Gasteiger partial charge on any atom is 0.114 e. The van der Waals surface area contributed by atoms with Crippen molar-refractivity contribution in [1.82, 2.24) is 4.98 Å². The Morgan fingerprint density at radius 2 is 1.80 bits per heavy atom. The highest BCUT2D eigenvalue weighted by molar-refractivity contribution is 7.09. The van der Waals surface area contributed by atoms with E-state index in [9.17, 15) is 0 Å². The lowest BCUT2D eigenvalue weighted by molar-refractivity contribution is 0.798. The molecule has 2 aromatic carbocycles. The number of nitrogens with two attached hydrogens (primary N) is 1. The number of fused-ring (bicyclic) bond motifs is 1. The Labute approximate surface area is 123 Å². The molecule has 0 spiro atoms. The van der Waals surface area contributed by atoms with Crippen LogP contribution < -0.4 is 5.73 Å². The Hall–Kier alpha value is -1.71. The van der Waals surface area contributed by atoms with Crippen molar-refractivity contribution in [3.63, 3.8) is 0 Å². The minimum absolute atomic E-state index is 0.154. The number of hydrogen-bond acceptors (Lipinski definition) is 3. The van der Waals surface area contributed by atoms with Crippen LogP contribution in [0.2, 0.25) is 0 Å². The monoisotopic (exact) mass is 282 g/mol. The van der Waals surface area contributed by atoms with Gasteiger partial charge in [-0.25, -0.2) is 4.98 Å². The van der Waals surface area contributed by atoms with Crippen molar-refractivity contribution in [3.05, 3.63) is 64.1 Å². The molecule has 3 aromatic rings. The predicted molar refractivity (Wildman–Crippen MR) is 86.2 cm³/mol. The topological polar surface area (TPSA) is 38.9 Å². The molecule has 3 rings (SSSR count). The summed E-state index contributed by atoms with van der Waals surface area (Å²) in [6.45, 7) is 4.31. The Bertz CT molecular complexity index is 725. The van der Waals surface area contributed by atoms with Crippen LogP contribution in [0.5, 0.6) is 0 Å². The van der Waals surface area contributed by atoms with Crippen molar-refractivity contribution in [2.75, 3.05) is 0 Å². The molecule has 1 aromatic heterocycles. The molecule has 1 atom stereocenters. The highest BCUT2D eigenvalue weighted by atomic mass is 32.1. The molecule has 20 heavy (non-hydrogen) atoms. The molecular weight excluding hydrogens is 264 g/mol. The first-order valence-electron chi connectivity index (χ1n) is 6.85. The fourth-order valence-corrected chi connectivity index (χ4v) is 3.36. The van der Waals surface area contributed by atoms with Crippen LogP contribution in [0.4, 0.5) is 0 Å². The first-order chi connectivity index (χ1) is 9.66. The molecule has 102 valence electrons. The highest BCUT2D eigenvalue weighted by Gasteiger charge is 2.16. The van der Waals surface area contributed by atoms with Crippen LogP contribution in [0.15, 0.2) is 47.8 Å². The summed E-state index contributed by atoms with van der Waals surface area (Å²) in [5, 5.41) is 5.54. The lowest BCUT2D eigenvalue weighted by Gasteiger charge is -2.12. The van der Waals surface area contributed by atoms with Gasteiger partial charge in [-0.2, -0.15) is 0 Å². The second kappa shape index (κ2) is 5.35. The van der Waals surface area contributed by atoms with Crippen molar-refractivity contribution in [2.45, 2.75) is 25.8 Å². The van der Waals surface area contributed by atoms with Gasteiger partial charge in [-0.15, -0.1) is 11.3 Å². The average Bonchev–Trinajstić information content (AvgIpc) is 2.96. The molecule has 0 aliphatic rings. The van der Waals surface area contributed by atoms with Crippen molar-refractivity contribution in [3.8, 4) is 0 Å². The molecule has 1 unspecified atom stereocenters. The zero-order chi connectivity index (χ0) is 14.1. The number of rotatable bonds is 3. The van der Waals surface area contributed by atoms with Gasteiger partial charge < -0.3 is 5.73 Å². The van der Waals surface area contributed by atoms with Crippen LogP contribution in [0.3, 0.4) is 0 Å². The van der Waals surface area contributed by atoms with Crippen molar-refractivity contribution in [1.29, 1.82) is 0 Å². The van der Waals surface area contributed by atoms with Gasteiger partial charge in [-0.05, 0) is 22.3 Å². The van der Waals surface area contributed by atoms with E-state index in [0.717, 1.165) is 16.3 Å². The largest absolute Gasteiger partial charge is 0.318 e. The van der Waals surface area contributed by atoms with Crippen LogP contribution in [0.1, 0.15) is 42.1 Å². The average molecular weight is 282 g/mol. The number of benzene rings is 2. The molecule has 1 heterocycles. The van der Waals surface area contributed by atoms with E-state index >= 15 is 0 Å². The summed E-state index contributed by atoms with van der Waals surface area (Å²) in [5.74, 6) is 0.444. The third kappa shape index (κ3) is 2.35. The summed E-state index contributed by atoms with van der Waals surface area (Å²) >= 11 is 1.65. The van der Waals surface area contributed by atoms with Gasteiger partial charge in [-0.1, -0.05) is 56.3 Å². The fraction of sp³-hybridized carbons (Fsp3) is 0.235. The maximum absolute atomic E-state index is 6.44. The van der Waals surface area contributed by atoms with Crippen LogP contribution in [-0.4, -0.2) is 4.98 Å². The van der Waals surface area contributed by atoms with E-state index < -0.39 is 0 Å². The third-order valence-corrected chi connectivity index (χ3v) is 4.50. The SMILES string of the molecule is CC(C)c1csc(C(N)c2cccc3ccccc23)n1. The maximum atomic E-state index is 6.44. The standard InChI is InChI=1S/C17H18N2S/c1-11(2)15-10-20-17(19-15)16(18)14-9-5-7-12-6-3-4-8-13(12)14/h3-11,16H,18H2,1-2H3. The smallest absolute Gasteiger partial charge is 0.114 e. The van der Waals surface area contributed by atoms with Crippen molar-refractivity contribution >= 4 is 22.1 Å². The molecule has 0 aliphatic heterocycles. The summed E-state index contributed by atoms with van der Waals surface area (Å²) in [5.41, 5.74) is 8.72. The molecule has 0 amide bonds. The summed E-state index contributed by atoms with van der Waals surface area (Å²) in [6.07, 6.45) is 0. The lowest BCUT2D eigenvalue weighted by atomic mass is 9.99. The number of nitrogens with zero attached hydrogens (tertiary/aromatic N) is 1. The second-order valence-corrected chi connectivity index (χ2v) is 6.20. The zero-order valence-corrected chi connectivity index (χ0v) is 12.5. The van der Waals surface area contributed by atoms with Crippen LogP contribution in [0, 0.1) is 0 Å². The summed E-state index contributed by atoms with van der Waals surface area (Å²) in [4.78, 5) is 4.69. The molecule has 0 saturated carbocycles. The zero-order valence-electron chi connectivity index (χ0n) is 11.7. The van der Waals surface area contributed by atoms with Gasteiger partial charge in [-0.3, -0.25) is 0 Å². The molecule has 2 N–H and O–H groups in total. The van der Waals surface area contributed by atoms with Crippen molar-refractivity contribution in [2.24, 2.45) is 5.73 Å². The normalized spacial score (nSPS) is 13.0. The van der Waals surface area contributed by atoms with Crippen molar-refractivity contribution < 1.29 is 0 Å². The molecule has 3 heteroatoms. The molecule has 0 saturated heterocycles. The van der Waals surface area contributed by atoms with Crippen LogP contribution >= 0.6 is 11.3 Å². The van der Waals surface area contributed by atoms with Gasteiger partial charge in [0, 0.05) is 5.38 Å². The fourth-order valence-electron chi connectivity index (χ4n) is 2.36. The van der Waals surface area contributed by atoms with E-state index in [1.54, 1.807) is 11.3 Å². The second-order valence-electron chi connectivity index (χ2n) is 5.31. The Kier molecular flexibility index (Phi) is 3.55. The number of thiazole rings is 1. The Balaban J connectivity index is 2.05. The molecule has 0 bridgehead atoms. The van der Waals surface area contributed by atoms with Gasteiger partial charge in [0.05, 0.1) is 11.7 Å². The molecule has 2 nitrogen and oxygen atoms in total. The number of aromatic nitrogens is 1. The Morgan fingerprint density at radius 1 is 1.05 bits per heavy atom. The third-order valence-electron chi connectivity index (χ3n) is 3.56. The molecule has 0 aliphatic carbocycles. The van der Waals surface area contributed by atoms with Gasteiger partial charge >= 0.3 is 0 Å². The molecule has 0 fully saturated rings. The van der Waals surface area contributed by atoms with E-state index in [0.29, 0.717) is 5.92 Å². The highest BCUT2D eigenvalue weighted by Crippen LogP contribution is 2.30. The minimum Gasteiger partial charge on any atom is -0.318 e. The van der Waals surface area contributed by atoms with E-state index in [2.05, 4.69) is 66.7 Å². The summed E-state index contributed by atoms with van der Waals surface area (Å²) in [7, 11) is 0. The first-order valence-corrected chi connectivity index (χ1v) is 7.73. The van der Waals surface area contributed by atoms with E-state index in [4.69, 9.17) is 5.73 Å². The molecule has 0 radical (unpaired) electrons.